The molecule has 1 rings (SSSR count). The highest BCUT2D eigenvalue weighted by molar-refractivity contribution is 5.91. The van der Waals surface area contributed by atoms with Crippen LogP contribution in [0.5, 0.6) is 0 Å². The molecule has 1 atom stereocenters. The van der Waals surface area contributed by atoms with E-state index in [9.17, 15) is 24.0 Å². The molecule has 0 saturated heterocycles. The molecule has 0 radical (unpaired) electrons. The van der Waals surface area contributed by atoms with Crippen molar-refractivity contribution in [2.45, 2.75) is 52.0 Å². The third kappa shape index (κ3) is 12.8. The maximum absolute atomic E-state index is 12.1. The van der Waals surface area contributed by atoms with E-state index in [2.05, 4.69) is 21.3 Å². The van der Waals surface area contributed by atoms with Gasteiger partial charge in [-0.2, -0.15) is 0 Å². The standard InChI is InChI=1S/C22H32N4O5/c1-16(27)19(13-18-9-5-3-6-10-18)26-22(31)15-25-21(30)14-24-20(29)11-7-4-8-12-23-17(2)28/h3,5-6,9-10,19H,4,7-8,11-15H2,1-2H3,(H,23,28)(H,24,29)(H,25,30)(H,26,31)/t19-/m0/s1. The third-order valence-electron chi connectivity index (χ3n) is 4.46. The van der Waals surface area contributed by atoms with Gasteiger partial charge >= 0.3 is 0 Å². The van der Waals surface area contributed by atoms with Crippen LogP contribution in [0.4, 0.5) is 0 Å². The monoisotopic (exact) mass is 432 g/mol. The maximum Gasteiger partial charge on any atom is 0.239 e. The molecule has 9 nitrogen and oxygen atoms in total. The summed E-state index contributed by atoms with van der Waals surface area (Å²) in [4.78, 5) is 58.2. The van der Waals surface area contributed by atoms with Gasteiger partial charge in [-0.1, -0.05) is 36.8 Å². The van der Waals surface area contributed by atoms with Gasteiger partial charge in [-0.05, 0) is 31.7 Å². The van der Waals surface area contributed by atoms with Gasteiger partial charge in [0.15, 0.2) is 5.78 Å². The summed E-state index contributed by atoms with van der Waals surface area (Å²) < 4.78 is 0. The Morgan fingerprint density at radius 2 is 1.42 bits per heavy atom. The van der Waals surface area contributed by atoms with E-state index in [1.54, 1.807) is 0 Å². The molecule has 4 N–H and O–H groups in total. The Morgan fingerprint density at radius 1 is 0.774 bits per heavy atom. The van der Waals surface area contributed by atoms with Crippen LogP contribution >= 0.6 is 0 Å². The molecule has 0 aliphatic carbocycles. The molecule has 1 aromatic rings. The third-order valence-corrected chi connectivity index (χ3v) is 4.46. The molecule has 0 saturated carbocycles. The summed E-state index contributed by atoms with van der Waals surface area (Å²) in [7, 11) is 0. The largest absolute Gasteiger partial charge is 0.356 e. The van der Waals surface area contributed by atoms with Crippen molar-refractivity contribution in [2.75, 3.05) is 19.6 Å². The van der Waals surface area contributed by atoms with E-state index in [0.29, 0.717) is 19.4 Å². The molecule has 0 bridgehead atoms. The SMILES string of the molecule is CC(=O)NCCCCCC(=O)NCC(=O)NCC(=O)N[C@@H](Cc1ccccc1)C(C)=O. The lowest BCUT2D eigenvalue weighted by molar-refractivity contribution is -0.129. The minimum atomic E-state index is -0.669. The molecule has 9 heteroatoms. The molecular formula is C22H32N4O5. The Morgan fingerprint density at radius 3 is 2.06 bits per heavy atom. The van der Waals surface area contributed by atoms with Gasteiger partial charge in [0.2, 0.25) is 23.6 Å². The summed E-state index contributed by atoms with van der Waals surface area (Å²) in [6.07, 6.45) is 2.89. The number of amides is 4. The number of hydrogen-bond donors (Lipinski definition) is 4. The van der Waals surface area contributed by atoms with Crippen molar-refractivity contribution in [3.8, 4) is 0 Å². The average Bonchev–Trinajstić information content (AvgIpc) is 2.73. The van der Waals surface area contributed by atoms with Crippen LogP contribution in [0, 0.1) is 0 Å². The van der Waals surface area contributed by atoms with Gasteiger partial charge in [0, 0.05) is 19.9 Å². The molecule has 0 aliphatic rings. The van der Waals surface area contributed by atoms with Crippen molar-refractivity contribution in [1.82, 2.24) is 21.3 Å². The first-order chi connectivity index (χ1) is 14.8. The number of benzene rings is 1. The number of unbranched alkanes of at least 4 members (excludes halogenated alkanes) is 2. The van der Waals surface area contributed by atoms with Crippen LogP contribution in [0.2, 0.25) is 0 Å². The van der Waals surface area contributed by atoms with Crippen molar-refractivity contribution in [3.05, 3.63) is 35.9 Å². The van der Waals surface area contributed by atoms with Gasteiger partial charge in [-0.25, -0.2) is 0 Å². The normalized spacial score (nSPS) is 11.2. The van der Waals surface area contributed by atoms with E-state index in [0.717, 1.165) is 18.4 Å². The fourth-order valence-corrected chi connectivity index (χ4v) is 2.75. The van der Waals surface area contributed by atoms with E-state index in [1.807, 2.05) is 30.3 Å². The first-order valence-electron chi connectivity index (χ1n) is 10.4. The second-order valence-electron chi connectivity index (χ2n) is 7.27. The van der Waals surface area contributed by atoms with Gasteiger partial charge in [-0.15, -0.1) is 0 Å². The Bertz CT molecular complexity index is 752. The Balaban J connectivity index is 2.21. The lowest BCUT2D eigenvalue weighted by Gasteiger charge is -2.16. The average molecular weight is 433 g/mol. The van der Waals surface area contributed by atoms with Crippen LogP contribution in [-0.2, 0) is 30.4 Å². The Hall–Kier alpha value is -3.23. The molecule has 0 spiro atoms. The maximum atomic E-state index is 12.1. The lowest BCUT2D eigenvalue weighted by atomic mass is 10.0. The second-order valence-corrected chi connectivity index (χ2v) is 7.27. The highest BCUT2D eigenvalue weighted by Crippen LogP contribution is 2.04. The fraction of sp³-hybridized carbons (Fsp3) is 0.500. The fourth-order valence-electron chi connectivity index (χ4n) is 2.75. The van der Waals surface area contributed by atoms with Gasteiger partial charge < -0.3 is 21.3 Å². The van der Waals surface area contributed by atoms with Crippen LogP contribution < -0.4 is 21.3 Å². The van der Waals surface area contributed by atoms with Gasteiger partial charge in [0.25, 0.3) is 0 Å². The van der Waals surface area contributed by atoms with Crippen molar-refractivity contribution in [2.24, 2.45) is 0 Å². The van der Waals surface area contributed by atoms with E-state index in [1.165, 1.54) is 13.8 Å². The molecule has 0 aliphatic heterocycles. The van der Waals surface area contributed by atoms with Crippen LogP contribution in [-0.4, -0.2) is 55.1 Å². The highest BCUT2D eigenvalue weighted by atomic mass is 16.2. The molecule has 0 heterocycles. The van der Waals surface area contributed by atoms with E-state index in [4.69, 9.17) is 0 Å². The zero-order chi connectivity index (χ0) is 23.1. The summed E-state index contributed by atoms with van der Waals surface area (Å²) in [5, 5.41) is 10.2. The molecule has 0 aromatic heterocycles. The van der Waals surface area contributed by atoms with E-state index >= 15 is 0 Å². The summed E-state index contributed by atoms with van der Waals surface area (Å²) >= 11 is 0. The zero-order valence-corrected chi connectivity index (χ0v) is 18.2. The zero-order valence-electron chi connectivity index (χ0n) is 18.2. The van der Waals surface area contributed by atoms with E-state index in [-0.39, 0.29) is 37.1 Å². The summed E-state index contributed by atoms with van der Waals surface area (Å²) in [6.45, 7) is 2.93. The minimum absolute atomic E-state index is 0.0783. The number of ketones is 1. The first kappa shape index (κ1) is 25.8. The molecule has 170 valence electrons. The number of carbonyl (C=O) groups excluding carboxylic acids is 5. The van der Waals surface area contributed by atoms with Gasteiger partial charge in [0.05, 0.1) is 19.1 Å². The van der Waals surface area contributed by atoms with Crippen LogP contribution in [0.3, 0.4) is 0 Å². The first-order valence-corrected chi connectivity index (χ1v) is 10.4. The van der Waals surface area contributed by atoms with E-state index < -0.39 is 17.9 Å². The number of Topliss-reactive ketones (excluding diaryl/α,β-unsaturated/α-hetero) is 1. The van der Waals surface area contributed by atoms with Crippen molar-refractivity contribution in [3.63, 3.8) is 0 Å². The van der Waals surface area contributed by atoms with Crippen molar-refractivity contribution < 1.29 is 24.0 Å². The van der Waals surface area contributed by atoms with Crippen LogP contribution in [0.25, 0.3) is 0 Å². The predicted molar refractivity (Wildman–Crippen MR) is 116 cm³/mol. The summed E-state index contributed by atoms with van der Waals surface area (Å²) in [5.41, 5.74) is 0.921. The van der Waals surface area contributed by atoms with Crippen LogP contribution in [0.15, 0.2) is 30.3 Å². The van der Waals surface area contributed by atoms with Gasteiger partial charge in [-0.3, -0.25) is 24.0 Å². The Labute approximate surface area is 182 Å². The molecule has 0 fully saturated rings. The Kier molecular flexibility index (Phi) is 12.2. The molecule has 4 amide bonds. The van der Waals surface area contributed by atoms with Crippen molar-refractivity contribution in [1.29, 1.82) is 0 Å². The topological polar surface area (TPSA) is 133 Å². The molecule has 31 heavy (non-hydrogen) atoms. The smallest absolute Gasteiger partial charge is 0.239 e. The summed E-state index contributed by atoms with van der Waals surface area (Å²) in [5.74, 6) is -1.47. The second kappa shape index (κ2) is 14.7. The molecule has 0 unspecified atom stereocenters. The molecule has 1 aromatic carbocycles. The number of rotatable bonds is 14. The quantitative estimate of drug-likeness (QED) is 0.312. The predicted octanol–water partition coefficient (Wildman–Crippen LogP) is 0.232. The van der Waals surface area contributed by atoms with Crippen LogP contribution in [0.1, 0.15) is 45.1 Å². The van der Waals surface area contributed by atoms with Gasteiger partial charge in [0.1, 0.15) is 0 Å². The molecular weight excluding hydrogens is 400 g/mol. The number of hydrogen-bond acceptors (Lipinski definition) is 5. The lowest BCUT2D eigenvalue weighted by Crippen LogP contribution is -2.47. The summed E-state index contributed by atoms with van der Waals surface area (Å²) in [6, 6.07) is 8.65. The highest BCUT2D eigenvalue weighted by Gasteiger charge is 2.18. The number of carbonyl (C=O) groups is 5. The van der Waals surface area contributed by atoms with Crippen molar-refractivity contribution >= 4 is 29.4 Å². The number of nitrogens with one attached hydrogen (secondary N) is 4. The minimum Gasteiger partial charge on any atom is -0.356 e.